The Kier molecular flexibility index (Phi) is 4.75. The number of benzene rings is 1. The van der Waals surface area contributed by atoms with Crippen LogP contribution in [0.4, 0.5) is 5.69 Å². The van der Waals surface area contributed by atoms with Crippen LogP contribution < -0.4 is 10.1 Å². The fraction of sp³-hybridized carbons (Fsp3) is 0.167. The molecule has 1 rings (SSSR count). The number of ether oxygens (including phenoxy) is 1. The number of carbonyl (C=O) groups excluding carboxylic acids is 1. The molecule has 0 heterocycles. The number of hydrogen-bond acceptors (Lipinski definition) is 3. The molecule has 0 radical (unpaired) electrons. The van der Waals surface area contributed by atoms with Gasteiger partial charge in [-0.15, -0.1) is 0 Å². The van der Waals surface area contributed by atoms with Crippen LogP contribution in [0, 0.1) is 0 Å². The predicted octanol–water partition coefficient (Wildman–Crippen LogP) is 1.66. The summed E-state index contributed by atoms with van der Waals surface area (Å²) in [4.78, 5) is 21.5. The zero-order chi connectivity index (χ0) is 12.7. The summed E-state index contributed by atoms with van der Waals surface area (Å²) in [6.45, 7) is 1.37. The molecule has 0 aromatic heterocycles. The zero-order valence-electron chi connectivity index (χ0n) is 9.34. The fourth-order valence-corrected chi connectivity index (χ4v) is 1.11. The molecule has 1 aromatic carbocycles. The Morgan fingerprint density at radius 2 is 2.00 bits per heavy atom. The van der Waals surface area contributed by atoms with Gasteiger partial charge in [0, 0.05) is 5.69 Å². The molecule has 1 aromatic rings. The van der Waals surface area contributed by atoms with E-state index in [0.717, 1.165) is 0 Å². The van der Waals surface area contributed by atoms with Crippen LogP contribution in [-0.2, 0) is 9.59 Å². The van der Waals surface area contributed by atoms with Crippen LogP contribution in [0.5, 0.6) is 5.75 Å². The molecule has 1 amide bonds. The van der Waals surface area contributed by atoms with E-state index in [1.807, 2.05) is 0 Å². The first-order valence-corrected chi connectivity index (χ1v) is 5.00. The van der Waals surface area contributed by atoms with Gasteiger partial charge >= 0.3 is 5.97 Å². The van der Waals surface area contributed by atoms with Gasteiger partial charge in [0.1, 0.15) is 5.75 Å². The van der Waals surface area contributed by atoms with E-state index in [4.69, 9.17) is 9.84 Å². The first kappa shape index (κ1) is 12.8. The minimum atomic E-state index is -1.03. The molecule has 0 atom stereocenters. The molecule has 0 aliphatic carbocycles. The maximum Gasteiger partial charge on any atom is 0.341 e. The summed E-state index contributed by atoms with van der Waals surface area (Å²) in [7, 11) is 0. The Morgan fingerprint density at radius 3 is 2.53 bits per heavy atom. The van der Waals surface area contributed by atoms with Crippen molar-refractivity contribution in [2.75, 3.05) is 11.9 Å². The molecule has 0 saturated heterocycles. The summed E-state index contributed by atoms with van der Waals surface area (Å²) in [6.07, 6.45) is 3.05. The van der Waals surface area contributed by atoms with Crippen LogP contribution in [0.3, 0.4) is 0 Å². The predicted molar refractivity (Wildman–Crippen MR) is 63.0 cm³/mol. The van der Waals surface area contributed by atoms with Crippen LogP contribution in [0.1, 0.15) is 6.92 Å². The van der Waals surface area contributed by atoms with Crippen molar-refractivity contribution in [1.29, 1.82) is 0 Å². The third-order valence-corrected chi connectivity index (χ3v) is 1.80. The minimum absolute atomic E-state index is 0.216. The topological polar surface area (TPSA) is 75.6 Å². The van der Waals surface area contributed by atoms with Crippen molar-refractivity contribution in [3.8, 4) is 5.75 Å². The second-order valence-corrected chi connectivity index (χ2v) is 3.20. The number of allylic oxidation sites excluding steroid dienone is 1. The highest BCUT2D eigenvalue weighted by Crippen LogP contribution is 2.15. The molecule has 5 nitrogen and oxygen atoms in total. The van der Waals surface area contributed by atoms with E-state index in [9.17, 15) is 9.59 Å². The fourth-order valence-electron chi connectivity index (χ4n) is 1.11. The summed E-state index contributed by atoms with van der Waals surface area (Å²) < 4.78 is 4.95. The number of nitrogens with one attached hydrogen (secondary N) is 1. The van der Waals surface area contributed by atoms with Gasteiger partial charge < -0.3 is 15.2 Å². The lowest BCUT2D eigenvalue weighted by molar-refractivity contribution is -0.139. The average Bonchev–Trinajstić information content (AvgIpc) is 2.28. The molecule has 0 fully saturated rings. The van der Waals surface area contributed by atoms with Crippen LogP contribution in [0.25, 0.3) is 0 Å². The SMILES string of the molecule is CC=CC(=O)Nc1ccc(OCC(=O)O)cc1. The number of hydrogen-bond donors (Lipinski definition) is 2. The molecule has 0 bridgehead atoms. The Bertz CT molecular complexity index is 423. The third-order valence-electron chi connectivity index (χ3n) is 1.80. The van der Waals surface area contributed by atoms with Crippen LogP contribution >= 0.6 is 0 Å². The minimum Gasteiger partial charge on any atom is -0.482 e. The summed E-state index contributed by atoms with van der Waals surface area (Å²) in [6, 6.07) is 6.46. The van der Waals surface area contributed by atoms with Crippen molar-refractivity contribution in [1.82, 2.24) is 0 Å². The third kappa shape index (κ3) is 4.83. The summed E-state index contributed by atoms with van der Waals surface area (Å²) in [5.74, 6) is -0.807. The van der Waals surface area contributed by atoms with Crippen molar-refractivity contribution < 1.29 is 19.4 Å². The molecular weight excluding hydrogens is 222 g/mol. The standard InChI is InChI=1S/C12H13NO4/c1-2-3-11(14)13-9-4-6-10(7-5-9)17-8-12(15)16/h2-7H,8H2,1H3,(H,13,14)(H,15,16). The summed E-state index contributed by atoms with van der Waals surface area (Å²) in [5, 5.41) is 11.1. The average molecular weight is 235 g/mol. The number of carboxylic acids is 1. The molecule has 2 N–H and O–H groups in total. The highest BCUT2D eigenvalue weighted by molar-refractivity contribution is 5.99. The van der Waals surface area contributed by atoms with Crippen LogP contribution in [-0.4, -0.2) is 23.6 Å². The van der Waals surface area contributed by atoms with Crippen LogP contribution in [0.15, 0.2) is 36.4 Å². The quantitative estimate of drug-likeness (QED) is 0.761. The Labute approximate surface area is 98.7 Å². The highest BCUT2D eigenvalue weighted by atomic mass is 16.5. The highest BCUT2D eigenvalue weighted by Gasteiger charge is 2.00. The molecule has 90 valence electrons. The van der Waals surface area contributed by atoms with E-state index in [2.05, 4.69) is 5.32 Å². The van der Waals surface area contributed by atoms with Crippen molar-refractivity contribution in [2.24, 2.45) is 0 Å². The van der Waals surface area contributed by atoms with E-state index >= 15 is 0 Å². The van der Waals surface area contributed by atoms with Gasteiger partial charge in [0.05, 0.1) is 0 Å². The van der Waals surface area contributed by atoms with Gasteiger partial charge in [0.25, 0.3) is 0 Å². The number of carbonyl (C=O) groups is 2. The molecule has 17 heavy (non-hydrogen) atoms. The van der Waals surface area contributed by atoms with Crippen molar-refractivity contribution in [3.05, 3.63) is 36.4 Å². The molecule has 0 unspecified atom stereocenters. The number of rotatable bonds is 5. The Hall–Kier alpha value is -2.30. The lowest BCUT2D eigenvalue weighted by atomic mass is 10.3. The maximum atomic E-state index is 11.2. The zero-order valence-corrected chi connectivity index (χ0v) is 9.34. The number of amides is 1. The molecule has 5 heteroatoms. The van der Waals surface area contributed by atoms with Gasteiger partial charge in [-0.25, -0.2) is 4.79 Å². The Balaban J connectivity index is 2.55. The van der Waals surface area contributed by atoms with E-state index in [-0.39, 0.29) is 12.5 Å². The lowest BCUT2D eigenvalue weighted by Crippen LogP contribution is -2.10. The van der Waals surface area contributed by atoms with E-state index in [0.29, 0.717) is 11.4 Å². The lowest BCUT2D eigenvalue weighted by Gasteiger charge is -2.05. The summed E-state index contributed by atoms with van der Waals surface area (Å²) in [5.41, 5.74) is 0.621. The van der Waals surface area contributed by atoms with Gasteiger partial charge in [-0.3, -0.25) is 4.79 Å². The Morgan fingerprint density at radius 1 is 1.35 bits per heavy atom. The van der Waals surface area contributed by atoms with Gasteiger partial charge in [-0.2, -0.15) is 0 Å². The van der Waals surface area contributed by atoms with E-state index < -0.39 is 5.97 Å². The smallest absolute Gasteiger partial charge is 0.341 e. The van der Waals surface area contributed by atoms with Gasteiger partial charge in [0.2, 0.25) is 5.91 Å². The van der Waals surface area contributed by atoms with E-state index in [1.54, 1.807) is 37.3 Å². The second kappa shape index (κ2) is 6.32. The van der Waals surface area contributed by atoms with Crippen molar-refractivity contribution >= 4 is 17.6 Å². The maximum absolute atomic E-state index is 11.2. The molecule has 0 saturated carbocycles. The largest absolute Gasteiger partial charge is 0.482 e. The molecule has 0 aliphatic rings. The second-order valence-electron chi connectivity index (χ2n) is 3.20. The number of anilines is 1. The summed E-state index contributed by atoms with van der Waals surface area (Å²) >= 11 is 0. The monoisotopic (exact) mass is 235 g/mol. The number of carboxylic acid groups (broad SMARTS) is 1. The molecule has 0 spiro atoms. The van der Waals surface area contributed by atoms with Gasteiger partial charge in [-0.05, 0) is 37.3 Å². The van der Waals surface area contributed by atoms with Crippen molar-refractivity contribution in [3.63, 3.8) is 0 Å². The first-order chi connectivity index (χ1) is 8.11. The van der Waals surface area contributed by atoms with Crippen molar-refractivity contribution in [2.45, 2.75) is 6.92 Å². The van der Waals surface area contributed by atoms with E-state index in [1.165, 1.54) is 6.08 Å². The first-order valence-electron chi connectivity index (χ1n) is 5.00. The number of aliphatic carboxylic acids is 1. The molecule has 0 aliphatic heterocycles. The normalized spacial score (nSPS) is 10.2. The van der Waals surface area contributed by atoms with Gasteiger partial charge in [-0.1, -0.05) is 6.08 Å². The van der Waals surface area contributed by atoms with Gasteiger partial charge in [0.15, 0.2) is 6.61 Å². The molecular formula is C12H13NO4. The van der Waals surface area contributed by atoms with Crippen LogP contribution in [0.2, 0.25) is 0 Å².